The van der Waals surface area contributed by atoms with Gasteiger partial charge in [-0.2, -0.15) is 107 Å². The van der Waals surface area contributed by atoms with Gasteiger partial charge in [-0.3, -0.25) is 9.47 Å². The molecule has 10 atom stereocenters. The van der Waals surface area contributed by atoms with Gasteiger partial charge in [-0.05, 0) is 0 Å². The van der Waals surface area contributed by atoms with Crippen LogP contribution in [0, 0.1) is 0 Å². The van der Waals surface area contributed by atoms with Crippen LogP contribution in [0.25, 0.3) is 0 Å². The van der Waals surface area contributed by atoms with Crippen LogP contribution in [0.5, 0.6) is 0 Å². The van der Waals surface area contributed by atoms with E-state index >= 15 is 0 Å². The Kier molecular flexibility index (Phi) is 7.87. The Hall–Kier alpha value is -1.35. The normalized spacial score (nSPS) is 54.5. The van der Waals surface area contributed by atoms with E-state index in [0.29, 0.717) is 0 Å². The lowest BCUT2D eigenvalue weighted by molar-refractivity contribution is -0.697. The number of rotatable bonds is 2. The molecule has 4 spiro atoms. The smallest absolute Gasteiger partial charge is 0.391 e. The van der Waals surface area contributed by atoms with Gasteiger partial charge in [0.15, 0.2) is 0 Å². The Balaban J connectivity index is 1.48. The summed E-state index contributed by atoms with van der Waals surface area (Å²) in [4.78, 5) is 17.5. The summed E-state index contributed by atoms with van der Waals surface area (Å²) in [5.74, 6) is -51.2. The van der Waals surface area contributed by atoms with E-state index in [-0.39, 0.29) is 0 Å². The molecule has 10 aliphatic heterocycles. The van der Waals surface area contributed by atoms with Gasteiger partial charge in [-0.25, -0.2) is 8.37 Å². The standard InChI is InChI=1S/C12H8O39S7/c13-1-3-5(15,6(16)4(2-14,31-3)38-52(17,18)39-6)40-56(25,26)48-35-8-7(41-53(19,20)42-8)9-12(46-54(21,22)43-9,47-57(27,28)49-34-7)37-51-58(29,30)50-36-10(8)11(32-3,33-9)45-55(23,24)44-10/h13-16H,1-2H2/t3?,4-,5+,6-,7-,8-,9-,10+,11+,12?/m1/s1. The first kappa shape index (κ1) is 42.0. The van der Waals surface area contributed by atoms with Crippen molar-refractivity contribution in [2.45, 2.75) is 58.2 Å². The van der Waals surface area contributed by atoms with Gasteiger partial charge in [0.2, 0.25) is 0 Å². The molecule has 0 amide bonds. The van der Waals surface area contributed by atoms with Crippen molar-refractivity contribution in [1.29, 1.82) is 0 Å². The molecule has 10 saturated heterocycles. The summed E-state index contributed by atoms with van der Waals surface area (Å²) in [6, 6.07) is 0. The second-order valence-electron chi connectivity index (χ2n) is 11.3. The summed E-state index contributed by atoms with van der Waals surface area (Å²) < 4.78 is 258. The van der Waals surface area contributed by atoms with Crippen LogP contribution in [0.15, 0.2) is 0 Å². The highest BCUT2D eigenvalue weighted by Gasteiger charge is 3.08. The topological polar surface area (TPSA) is 514 Å². The molecule has 4 N–H and O–H groups in total. The van der Waals surface area contributed by atoms with Crippen LogP contribution in [0.4, 0.5) is 0 Å². The minimum Gasteiger partial charge on any atom is -0.391 e. The fourth-order valence-corrected chi connectivity index (χ4v) is 12.2. The molecular formula is C12H8O39S7. The molecule has 46 heteroatoms. The van der Waals surface area contributed by atoms with Crippen molar-refractivity contribution >= 4 is 72.8 Å². The number of ether oxygens (including phenoxy) is 3. The molecule has 332 valence electrons. The fraction of sp³-hybridized carbons (Fsp3) is 1.00. The molecule has 0 aromatic carbocycles. The summed E-state index contributed by atoms with van der Waals surface area (Å²) in [7, 11) is -45.9. The number of aliphatic hydroxyl groups excluding tert-OH is 2. The van der Waals surface area contributed by atoms with Crippen LogP contribution < -0.4 is 0 Å². The second-order valence-corrected chi connectivity index (χ2v) is 19.2. The van der Waals surface area contributed by atoms with Gasteiger partial charge in [-0.1, -0.05) is 17.3 Å². The lowest BCUT2D eigenvalue weighted by atomic mass is 9.82. The van der Waals surface area contributed by atoms with Gasteiger partial charge >= 0.3 is 119 Å². The van der Waals surface area contributed by atoms with E-state index in [1.54, 1.807) is 0 Å². The van der Waals surface area contributed by atoms with Crippen molar-refractivity contribution in [3.05, 3.63) is 0 Å². The minimum atomic E-state index is -7.00. The Labute approximate surface area is 315 Å². The summed E-state index contributed by atoms with van der Waals surface area (Å²) in [6.45, 7) is -4.93. The first-order valence-electron chi connectivity index (χ1n) is 13.2. The zero-order valence-corrected chi connectivity index (χ0v) is 31.1. The molecular weight excluding hydrogens is 993 g/mol. The monoisotopic (exact) mass is 1000 g/mol. The number of hydrogen-bond donors (Lipinski definition) is 4. The van der Waals surface area contributed by atoms with Gasteiger partial charge in [0.1, 0.15) is 13.2 Å². The lowest BCUT2D eigenvalue weighted by Crippen LogP contribution is -2.92. The Morgan fingerprint density at radius 1 is 0.328 bits per heavy atom. The molecule has 0 aromatic heterocycles. The fourth-order valence-electron chi connectivity index (χ4n) is 6.20. The first-order valence-corrected chi connectivity index (χ1v) is 22.5. The molecule has 10 heterocycles. The zero-order chi connectivity index (χ0) is 42.8. The third kappa shape index (κ3) is 4.72. The van der Waals surface area contributed by atoms with Gasteiger partial charge < -0.3 is 25.2 Å². The Bertz CT molecular complexity index is 2730. The maximum absolute atomic E-state index is 13.5. The summed E-state index contributed by atoms with van der Waals surface area (Å²) in [5, 5.41) is 44.3. The predicted molar refractivity (Wildman–Crippen MR) is 131 cm³/mol. The van der Waals surface area contributed by atoms with Crippen molar-refractivity contribution in [1.82, 2.24) is 0 Å². The number of fused-ring (bicyclic) bond motifs is 7. The van der Waals surface area contributed by atoms with Gasteiger partial charge in [0.25, 0.3) is 11.6 Å². The third-order valence-corrected chi connectivity index (χ3v) is 13.4. The number of aliphatic hydroxyl groups is 4. The quantitative estimate of drug-likeness (QED) is 0.187. The largest absolute Gasteiger partial charge is 0.453 e. The summed E-state index contributed by atoms with van der Waals surface area (Å²) in [6.07, 6.45) is 0. The lowest BCUT2D eigenvalue weighted by Gasteiger charge is -2.58. The van der Waals surface area contributed by atoms with E-state index in [1.165, 1.54) is 0 Å². The molecule has 10 aliphatic rings. The molecule has 2 unspecified atom stereocenters. The average Bonchev–Trinajstić information content (AvgIpc) is 3.64. The SMILES string of the molecule is O=S1(=O)OOC23OS(=O)(=O)OO[C@@]45OS(=O)(=O)O[C@]46OOS(=O)(=O)O[C@@]4(O)C(CO)(O[C@]7(CO)OS(=O)(=O)O[C@]74O)O[C@@]4(O[C@]25OS(=O)(=O)O3)OS(=O)(=O)O[C@]46OO1. The first-order chi connectivity index (χ1) is 26.1. The highest BCUT2D eigenvalue weighted by molar-refractivity contribution is 7.84. The van der Waals surface area contributed by atoms with Crippen LogP contribution in [0.2, 0.25) is 0 Å². The van der Waals surface area contributed by atoms with Crippen LogP contribution in [0.3, 0.4) is 0 Å². The van der Waals surface area contributed by atoms with Crippen molar-refractivity contribution in [3.8, 4) is 0 Å². The highest BCUT2D eigenvalue weighted by atomic mass is 32.3. The molecule has 10 fully saturated rings. The van der Waals surface area contributed by atoms with Gasteiger partial charge in [0, 0.05) is 0 Å². The molecule has 0 radical (unpaired) electrons. The predicted octanol–water partition coefficient (Wildman–Crippen LogP) is -10.3. The van der Waals surface area contributed by atoms with E-state index < -0.39 is 144 Å². The Morgan fingerprint density at radius 3 is 1.29 bits per heavy atom. The minimum absolute atomic E-state index is 2.28. The van der Waals surface area contributed by atoms with Crippen molar-refractivity contribution in [3.63, 3.8) is 0 Å². The van der Waals surface area contributed by atoms with Crippen LogP contribution in [-0.2, 0) is 166 Å². The second kappa shape index (κ2) is 10.9. The third-order valence-electron chi connectivity index (χ3n) is 8.05. The van der Waals surface area contributed by atoms with E-state index in [2.05, 4.69) is 78.7 Å². The summed E-state index contributed by atoms with van der Waals surface area (Å²) >= 11 is 0. The highest BCUT2D eigenvalue weighted by Crippen LogP contribution is 2.74. The summed E-state index contributed by atoms with van der Waals surface area (Å²) in [5.41, 5.74) is 0. The van der Waals surface area contributed by atoms with Crippen molar-refractivity contribution in [2.24, 2.45) is 0 Å². The van der Waals surface area contributed by atoms with E-state index in [0.717, 1.165) is 0 Å². The van der Waals surface area contributed by atoms with Crippen LogP contribution >= 0.6 is 0 Å². The maximum Gasteiger partial charge on any atom is 0.453 e. The van der Waals surface area contributed by atoms with Crippen LogP contribution in [-0.4, -0.2) is 151 Å². The van der Waals surface area contributed by atoms with E-state index in [1.807, 2.05) is 0 Å². The molecule has 6 bridgehead atoms. The zero-order valence-electron chi connectivity index (χ0n) is 25.3. The molecule has 39 nitrogen and oxygen atoms in total. The van der Waals surface area contributed by atoms with E-state index in [4.69, 9.17) is 14.2 Å². The van der Waals surface area contributed by atoms with Gasteiger partial charge in [-0.15, -0.1) is 4.89 Å². The molecule has 0 aliphatic carbocycles. The van der Waals surface area contributed by atoms with Gasteiger partial charge in [0.05, 0.1) is 0 Å². The Morgan fingerprint density at radius 2 is 0.707 bits per heavy atom. The van der Waals surface area contributed by atoms with E-state index in [9.17, 15) is 79.4 Å². The molecule has 0 aromatic rings. The van der Waals surface area contributed by atoms with Crippen molar-refractivity contribution < 1.29 is 172 Å². The molecule has 10 rings (SSSR count). The molecule has 0 saturated carbocycles. The average molecular weight is 1000 g/mol. The number of hydrogen-bond acceptors (Lipinski definition) is 39. The molecule has 58 heavy (non-hydrogen) atoms. The van der Waals surface area contributed by atoms with Crippen molar-refractivity contribution in [2.75, 3.05) is 13.2 Å². The van der Waals surface area contributed by atoms with Crippen LogP contribution in [0.1, 0.15) is 0 Å². The maximum atomic E-state index is 13.5.